The summed E-state index contributed by atoms with van der Waals surface area (Å²) in [6.07, 6.45) is 1.04. The lowest BCUT2D eigenvalue weighted by Crippen LogP contribution is -2.16. The third-order valence-corrected chi connectivity index (χ3v) is 3.23. The zero-order chi connectivity index (χ0) is 11.8. The van der Waals surface area contributed by atoms with Gasteiger partial charge in [-0.15, -0.1) is 0 Å². The predicted molar refractivity (Wildman–Crippen MR) is 70.2 cm³/mol. The SMILES string of the molecule is Cc1cccc(NC2=NCC(C)(C)C2)c1C. The molecule has 2 heteroatoms. The minimum absolute atomic E-state index is 0.320. The Kier molecular flexibility index (Phi) is 2.75. The molecular formula is C14H20N2. The topological polar surface area (TPSA) is 24.4 Å². The molecule has 1 heterocycles. The highest BCUT2D eigenvalue weighted by atomic mass is 15.0. The number of rotatable bonds is 1. The summed E-state index contributed by atoms with van der Waals surface area (Å²) in [5.74, 6) is 1.12. The van der Waals surface area contributed by atoms with Crippen LogP contribution in [0, 0.1) is 19.3 Å². The Balaban J connectivity index is 2.14. The zero-order valence-corrected chi connectivity index (χ0v) is 10.6. The third kappa shape index (κ3) is 2.26. The van der Waals surface area contributed by atoms with Gasteiger partial charge in [-0.2, -0.15) is 0 Å². The van der Waals surface area contributed by atoms with Crippen LogP contribution in [0.25, 0.3) is 0 Å². The highest BCUT2D eigenvalue weighted by Gasteiger charge is 2.26. The fraction of sp³-hybridized carbons (Fsp3) is 0.500. The first-order valence-electron chi connectivity index (χ1n) is 5.84. The molecule has 2 rings (SSSR count). The molecule has 0 aliphatic carbocycles. The van der Waals surface area contributed by atoms with Gasteiger partial charge < -0.3 is 5.32 Å². The van der Waals surface area contributed by atoms with Crippen molar-refractivity contribution in [2.45, 2.75) is 34.1 Å². The molecule has 1 aromatic carbocycles. The first-order chi connectivity index (χ1) is 7.48. The van der Waals surface area contributed by atoms with Crippen molar-refractivity contribution in [1.82, 2.24) is 0 Å². The van der Waals surface area contributed by atoms with E-state index in [0.717, 1.165) is 18.8 Å². The lowest BCUT2D eigenvalue weighted by atomic mass is 9.92. The summed E-state index contributed by atoms with van der Waals surface area (Å²) in [4.78, 5) is 4.56. The van der Waals surface area contributed by atoms with Crippen LogP contribution in [0.1, 0.15) is 31.4 Å². The average Bonchev–Trinajstić information content (AvgIpc) is 2.53. The molecule has 1 N–H and O–H groups in total. The third-order valence-electron chi connectivity index (χ3n) is 3.23. The monoisotopic (exact) mass is 216 g/mol. The van der Waals surface area contributed by atoms with Crippen molar-refractivity contribution >= 4 is 11.5 Å². The van der Waals surface area contributed by atoms with Crippen LogP contribution in [-0.2, 0) is 0 Å². The molecule has 0 amide bonds. The van der Waals surface area contributed by atoms with Crippen LogP contribution in [0.4, 0.5) is 5.69 Å². The van der Waals surface area contributed by atoms with Gasteiger partial charge in [-0.25, -0.2) is 0 Å². The quantitative estimate of drug-likeness (QED) is 0.763. The first-order valence-corrected chi connectivity index (χ1v) is 5.84. The summed E-state index contributed by atoms with van der Waals surface area (Å²) >= 11 is 0. The van der Waals surface area contributed by atoms with Gasteiger partial charge in [0, 0.05) is 18.7 Å². The van der Waals surface area contributed by atoms with Crippen molar-refractivity contribution in [1.29, 1.82) is 0 Å². The van der Waals surface area contributed by atoms with Crippen molar-refractivity contribution in [2.24, 2.45) is 10.4 Å². The van der Waals surface area contributed by atoms with Gasteiger partial charge in [-0.1, -0.05) is 26.0 Å². The molecule has 0 saturated heterocycles. The summed E-state index contributed by atoms with van der Waals surface area (Å²) in [5, 5.41) is 3.46. The van der Waals surface area contributed by atoms with Crippen molar-refractivity contribution in [3.63, 3.8) is 0 Å². The smallest absolute Gasteiger partial charge is 0.101 e. The molecule has 86 valence electrons. The molecule has 1 aliphatic heterocycles. The van der Waals surface area contributed by atoms with Gasteiger partial charge in [0.25, 0.3) is 0 Å². The standard InChI is InChI=1S/C14H20N2/c1-10-6-5-7-12(11(10)2)16-13-8-14(3,4)9-15-13/h5-7H,8-9H2,1-4H3,(H,15,16). The predicted octanol–water partition coefficient (Wildman–Crippen LogP) is 3.54. The Hall–Kier alpha value is -1.31. The number of nitrogens with zero attached hydrogens (tertiary/aromatic N) is 1. The number of nitrogens with one attached hydrogen (secondary N) is 1. The Morgan fingerprint density at radius 1 is 1.25 bits per heavy atom. The lowest BCUT2D eigenvalue weighted by molar-refractivity contribution is 0.423. The van der Waals surface area contributed by atoms with E-state index in [4.69, 9.17) is 0 Å². The molecular weight excluding hydrogens is 196 g/mol. The molecule has 2 nitrogen and oxygen atoms in total. The molecule has 0 saturated carbocycles. The maximum absolute atomic E-state index is 4.56. The van der Waals surface area contributed by atoms with Crippen LogP contribution in [0.5, 0.6) is 0 Å². The molecule has 0 spiro atoms. The summed E-state index contributed by atoms with van der Waals surface area (Å²) in [6, 6.07) is 6.35. The van der Waals surface area contributed by atoms with E-state index in [1.807, 2.05) is 0 Å². The fourth-order valence-corrected chi connectivity index (χ4v) is 2.00. The summed E-state index contributed by atoms with van der Waals surface area (Å²) in [6.45, 7) is 9.74. The number of aryl methyl sites for hydroxylation is 1. The highest BCUT2D eigenvalue weighted by molar-refractivity contribution is 5.97. The van der Waals surface area contributed by atoms with E-state index in [2.05, 4.69) is 56.2 Å². The largest absolute Gasteiger partial charge is 0.344 e. The minimum Gasteiger partial charge on any atom is -0.344 e. The Morgan fingerprint density at radius 2 is 2.00 bits per heavy atom. The van der Waals surface area contributed by atoms with Gasteiger partial charge in [0.1, 0.15) is 5.84 Å². The number of amidine groups is 1. The molecule has 1 aromatic rings. The molecule has 0 bridgehead atoms. The van der Waals surface area contributed by atoms with E-state index in [1.165, 1.54) is 16.8 Å². The highest BCUT2D eigenvalue weighted by Crippen LogP contribution is 2.28. The fourth-order valence-electron chi connectivity index (χ4n) is 2.00. The summed E-state index contributed by atoms with van der Waals surface area (Å²) < 4.78 is 0. The second-order valence-corrected chi connectivity index (χ2v) is 5.48. The van der Waals surface area contributed by atoms with Crippen LogP contribution in [0.2, 0.25) is 0 Å². The second kappa shape index (κ2) is 3.93. The molecule has 0 aromatic heterocycles. The van der Waals surface area contributed by atoms with Crippen molar-refractivity contribution in [3.05, 3.63) is 29.3 Å². The average molecular weight is 216 g/mol. The van der Waals surface area contributed by atoms with Gasteiger partial charge in [0.2, 0.25) is 0 Å². The summed E-state index contributed by atoms with van der Waals surface area (Å²) in [5.41, 5.74) is 4.15. The number of hydrogen-bond acceptors (Lipinski definition) is 2. The lowest BCUT2D eigenvalue weighted by Gasteiger charge is -2.16. The van der Waals surface area contributed by atoms with Gasteiger partial charge in [-0.3, -0.25) is 4.99 Å². The maximum atomic E-state index is 4.56. The van der Waals surface area contributed by atoms with Crippen LogP contribution >= 0.6 is 0 Å². The molecule has 0 radical (unpaired) electrons. The Bertz CT molecular complexity index is 430. The van der Waals surface area contributed by atoms with Gasteiger partial charge in [-0.05, 0) is 36.5 Å². The number of benzene rings is 1. The van der Waals surface area contributed by atoms with E-state index in [0.29, 0.717) is 5.41 Å². The first kappa shape index (κ1) is 11.2. The second-order valence-electron chi connectivity index (χ2n) is 5.48. The number of hydrogen-bond donors (Lipinski definition) is 1. The molecule has 1 aliphatic rings. The Morgan fingerprint density at radius 3 is 2.62 bits per heavy atom. The molecule has 0 unspecified atom stereocenters. The number of anilines is 1. The Labute approximate surface area is 97.8 Å². The van der Waals surface area contributed by atoms with E-state index in [-0.39, 0.29) is 0 Å². The van der Waals surface area contributed by atoms with Crippen LogP contribution < -0.4 is 5.32 Å². The number of aliphatic imine (C=N–C) groups is 1. The van der Waals surface area contributed by atoms with Crippen molar-refractivity contribution in [3.8, 4) is 0 Å². The maximum Gasteiger partial charge on any atom is 0.101 e. The van der Waals surface area contributed by atoms with Crippen LogP contribution in [0.3, 0.4) is 0 Å². The van der Waals surface area contributed by atoms with Gasteiger partial charge in [0.15, 0.2) is 0 Å². The molecule has 16 heavy (non-hydrogen) atoms. The van der Waals surface area contributed by atoms with E-state index in [9.17, 15) is 0 Å². The molecule has 0 atom stereocenters. The van der Waals surface area contributed by atoms with Gasteiger partial charge in [0.05, 0.1) is 0 Å². The molecule has 0 fully saturated rings. The van der Waals surface area contributed by atoms with Crippen molar-refractivity contribution in [2.75, 3.05) is 11.9 Å². The van der Waals surface area contributed by atoms with Crippen LogP contribution in [0.15, 0.2) is 23.2 Å². The van der Waals surface area contributed by atoms with E-state index >= 15 is 0 Å². The minimum atomic E-state index is 0.320. The zero-order valence-electron chi connectivity index (χ0n) is 10.6. The van der Waals surface area contributed by atoms with Crippen molar-refractivity contribution < 1.29 is 0 Å². The van der Waals surface area contributed by atoms with Gasteiger partial charge >= 0.3 is 0 Å². The summed E-state index contributed by atoms with van der Waals surface area (Å²) in [7, 11) is 0. The van der Waals surface area contributed by atoms with Crippen LogP contribution in [-0.4, -0.2) is 12.4 Å². The normalized spacial score (nSPS) is 18.4. The van der Waals surface area contributed by atoms with E-state index in [1.54, 1.807) is 0 Å². The van der Waals surface area contributed by atoms with E-state index < -0.39 is 0 Å².